The first-order valence-electron chi connectivity index (χ1n) is 7.87. The summed E-state index contributed by atoms with van der Waals surface area (Å²) in [7, 11) is -1.79. The normalized spacial score (nSPS) is 12.9. The Morgan fingerprint density at radius 3 is 2.85 bits per heavy atom. The van der Waals surface area contributed by atoms with Crippen molar-refractivity contribution in [1.29, 1.82) is 5.26 Å². The summed E-state index contributed by atoms with van der Waals surface area (Å²) in [6.07, 6.45) is 2.51. The van der Waals surface area contributed by atoms with E-state index in [1.165, 1.54) is 18.2 Å². The summed E-state index contributed by atoms with van der Waals surface area (Å²) >= 11 is 0. The van der Waals surface area contributed by atoms with E-state index in [1.54, 1.807) is 11.1 Å². The molecule has 2 aromatic rings. The van der Waals surface area contributed by atoms with Crippen molar-refractivity contribution in [1.82, 2.24) is 9.88 Å². The lowest BCUT2D eigenvalue weighted by atomic mass is 9.76. The maximum Gasteiger partial charge on any atom is 0.489 e. The van der Waals surface area contributed by atoms with Crippen molar-refractivity contribution in [3.8, 4) is 6.07 Å². The van der Waals surface area contributed by atoms with Gasteiger partial charge in [0, 0.05) is 30.4 Å². The van der Waals surface area contributed by atoms with Gasteiger partial charge < -0.3 is 20.7 Å². The van der Waals surface area contributed by atoms with Crippen LogP contribution in [0.3, 0.4) is 0 Å². The average molecular weight is 350 g/mol. The molecule has 0 bridgehead atoms. The lowest BCUT2D eigenvalue weighted by Crippen LogP contribution is -2.37. The molecule has 1 amide bonds. The summed E-state index contributed by atoms with van der Waals surface area (Å²) in [6, 6.07) is 6.18. The van der Waals surface area contributed by atoms with Crippen molar-refractivity contribution in [2.75, 3.05) is 12.3 Å². The second-order valence-corrected chi connectivity index (χ2v) is 5.95. The van der Waals surface area contributed by atoms with Gasteiger partial charge in [0.15, 0.2) is 0 Å². The fourth-order valence-corrected chi connectivity index (χ4v) is 3.08. The molecule has 4 N–H and O–H groups in total. The van der Waals surface area contributed by atoms with Crippen LogP contribution >= 0.6 is 0 Å². The van der Waals surface area contributed by atoms with Crippen LogP contribution in [0, 0.1) is 11.3 Å². The van der Waals surface area contributed by atoms with Crippen LogP contribution in [0.25, 0.3) is 0 Å². The number of amides is 1. The van der Waals surface area contributed by atoms with E-state index in [0.717, 1.165) is 11.1 Å². The molecule has 3 rings (SSSR count). The Morgan fingerprint density at radius 1 is 1.42 bits per heavy atom. The van der Waals surface area contributed by atoms with Crippen molar-refractivity contribution in [2.24, 2.45) is 0 Å². The molecule has 1 aliphatic rings. The van der Waals surface area contributed by atoms with Crippen molar-refractivity contribution in [2.45, 2.75) is 13.0 Å². The quantitative estimate of drug-likeness (QED) is 0.487. The molecule has 0 aliphatic carbocycles. The number of nitrogen functional groups attached to an aromatic ring is 1. The van der Waals surface area contributed by atoms with Gasteiger partial charge in [0.1, 0.15) is 18.2 Å². The number of nitriles is 1. The van der Waals surface area contributed by atoms with E-state index in [1.807, 2.05) is 0 Å². The maximum atomic E-state index is 12.8. The molecule has 0 fully saturated rings. The van der Waals surface area contributed by atoms with Crippen molar-refractivity contribution in [3.63, 3.8) is 0 Å². The molecular formula is C17H15BN4O4. The fourth-order valence-electron chi connectivity index (χ4n) is 3.08. The lowest BCUT2D eigenvalue weighted by Gasteiger charge is -2.29. The van der Waals surface area contributed by atoms with E-state index in [2.05, 4.69) is 11.1 Å². The number of nitrogens with zero attached hydrogens (tertiary/aromatic N) is 3. The fraction of sp³-hybridized carbons (Fsp3) is 0.176. The van der Waals surface area contributed by atoms with E-state index in [4.69, 9.17) is 5.73 Å². The number of nitrogens with two attached hydrogens (primary N) is 1. The van der Waals surface area contributed by atoms with Gasteiger partial charge in [-0.05, 0) is 35.1 Å². The number of carbonyl (C=O) groups excluding carboxylic acids is 2. The Kier molecular flexibility index (Phi) is 4.71. The van der Waals surface area contributed by atoms with Crippen molar-refractivity contribution in [3.05, 3.63) is 52.2 Å². The molecule has 0 atom stereocenters. The summed E-state index contributed by atoms with van der Waals surface area (Å²) in [5.74, 6) is -0.118. The third kappa shape index (κ3) is 3.03. The average Bonchev–Trinajstić information content (AvgIpc) is 2.66. The highest BCUT2D eigenvalue weighted by Crippen LogP contribution is 2.25. The predicted molar refractivity (Wildman–Crippen MR) is 93.5 cm³/mol. The van der Waals surface area contributed by atoms with Gasteiger partial charge in [-0.3, -0.25) is 9.59 Å². The van der Waals surface area contributed by atoms with Gasteiger partial charge in [0.25, 0.3) is 5.91 Å². The zero-order valence-electron chi connectivity index (χ0n) is 13.7. The smallest absolute Gasteiger partial charge is 0.423 e. The van der Waals surface area contributed by atoms with Crippen LogP contribution in [0.4, 0.5) is 5.82 Å². The first-order valence-corrected chi connectivity index (χ1v) is 7.87. The van der Waals surface area contributed by atoms with E-state index in [0.29, 0.717) is 24.8 Å². The molecule has 0 unspecified atom stereocenters. The zero-order valence-corrected chi connectivity index (χ0v) is 13.7. The number of rotatable bonds is 3. The third-order valence-electron chi connectivity index (χ3n) is 4.44. The molecule has 2 heterocycles. The van der Waals surface area contributed by atoms with Gasteiger partial charge in [-0.2, -0.15) is 5.26 Å². The molecule has 9 heteroatoms. The van der Waals surface area contributed by atoms with Gasteiger partial charge >= 0.3 is 7.12 Å². The van der Waals surface area contributed by atoms with Crippen LogP contribution in [0.2, 0.25) is 0 Å². The van der Waals surface area contributed by atoms with Crippen molar-refractivity contribution >= 4 is 30.6 Å². The summed E-state index contributed by atoms with van der Waals surface area (Å²) in [4.78, 5) is 29.5. The largest absolute Gasteiger partial charge is 0.489 e. The summed E-state index contributed by atoms with van der Waals surface area (Å²) < 4.78 is 0. The second kappa shape index (κ2) is 6.96. The second-order valence-electron chi connectivity index (χ2n) is 5.95. The number of carbonyl (C=O) groups is 2. The monoisotopic (exact) mass is 350 g/mol. The molecule has 26 heavy (non-hydrogen) atoms. The number of aromatic nitrogens is 1. The molecule has 8 nitrogen and oxygen atoms in total. The number of fused-ring (bicyclic) bond motifs is 1. The summed E-state index contributed by atoms with van der Waals surface area (Å²) in [6.45, 7) is 0.668. The van der Waals surface area contributed by atoms with E-state index >= 15 is 0 Å². The van der Waals surface area contributed by atoms with Gasteiger partial charge in [-0.1, -0.05) is 6.07 Å². The van der Waals surface area contributed by atoms with Crippen LogP contribution in [-0.4, -0.2) is 45.8 Å². The van der Waals surface area contributed by atoms with Gasteiger partial charge in [-0.15, -0.1) is 0 Å². The van der Waals surface area contributed by atoms with Crippen LogP contribution in [0.1, 0.15) is 37.4 Å². The first kappa shape index (κ1) is 17.6. The lowest BCUT2D eigenvalue weighted by molar-refractivity contribution is 0.0734. The van der Waals surface area contributed by atoms with E-state index < -0.39 is 7.12 Å². The Hall–Kier alpha value is -3.22. The van der Waals surface area contributed by atoms with Crippen molar-refractivity contribution < 1.29 is 19.6 Å². The van der Waals surface area contributed by atoms with Gasteiger partial charge in [-0.25, -0.2) is 4.98 Å². The summed E-state index contributed by atoms with van der Waals surface area (Å²) in [5.41, 5.74) is 7.98. The number of pyridine rings is 1. The molecule has 0 radical (unpaired) electrons. The van der Waals surface area contributed by atoms with Crippen LogP contribution in [-0.2, 0) is 13.0 Å². The van der Waals surface area contributed by atoms with E-state index in [-0.39, 0.29) is 34.9 Å². The number of benzene rings is 1. The number of hydrogen-bond donors (Lipinski definition) is 3. The SMILES string of the molecule is N#Cc1c(N)ncc2c1CCN(C(=O)c1ccc(B(O)O)c(C=O)c1)C2. The molecular weight excluding hydrogens is 335 g/mol. The number of anilines is 1. The number of hydrogen-bond acceptors (Lipinski definition) is 7. The van der Waals surface area contributed by atoms with Crippen LogP contribution < -0.4 is 11.2 Å². The first-order chi connectivity index (χ1) is 12.5. The molecule has 1 aliphatic heterocycles. The predicted octanol–water partition coefficient (Wildman–Crippen LogP) is -0.774. The maximum absolute atomic E-state index is 12.8. The van der Waals surface area contributed by atoms with Gasteiger partial charge in [0.2, 0.25) is 0 Å². The minimum absolute atomic E-state index is 0.0406. The highest BCUT2D eigenvalue weighted by Gasteiger charge is 2.26. The Balaban J connectivity index is 1.89. The Bertz CT molecular complexity index is 939. The highest BCUT2D eigenvalue weighted by atomic mass is 16.4. The van der Waals surface area contributed by atoms with Crippen LogP contribution in [0.5, 0.6) is 0 Å². The number of aldehydes is 1. The van der Waals surface area contributed by atoms with Gasteiger partial charge in [0.05, 0.1) is 5.56 Å². The van der Waals surface area contributed by atoms with Crippen LogP contribution in [0.15, 0.2) is 24.4 Å². The molecule has 130 valence electrons. The Morgan fingerprint density at radius 2 is 2.19 bits per heavy atom. The molecule has 0 saturated heterocycles. The van der Waals surface area contributed by atoms with E-state index in [9.17, 15) is 24.9 Å². The topological polar surface area (TPSA) is 141 Å². The zero-order chi connectivity index (χ0) is 18.8. The Labute approximate surface area is 149 Å². The molecule has 1 aromatic heterocycles. The molecule has 0 spiro atoms. The molecule has 1 aromatic carbocycles. The third-order valence-corrected chi connectivity index (χ3v) is 4.44. The minimum atomic E-state index is -1.79. The molecule has 0 saturated carbocycles. The standard InChI is InChI=1S/C17H15BN4O4/c19-6-14-13-3-4-22(8-12(13)7-21-16(14)20)17(24)10-1-2-15(18(25)26)11(5-10)9-23/h1-2,5,7,9,25-26H,3-4,8H2,(H2,20,21). The minimum Gasteiger partial charge on any atom is -0.423 e. The summed E-state index contributed by atoms with van der Waals surface area (Å²) in [5, 5.41) is 27.7. The highest BCUT2D eigenvalue weighted by molar-refractivity contribution is 6.60.